The molecule has 2 aromatic heterocycles. The van der Waals surface area contributed by atoms with Crippen molar-refractivity contribution in [1.29, 1.82) is 0 Å². The predicted molar refractivity (Wildman–Crippen MR) is 157 cm³/mol. The minimum absolute atomic E-state index is 0.0383. The molecule has 5 rings (SSSR count). The van der Waals surface area contributed by atoms with Gasteiger partial charge in [-0.1, -0.05) is 26.5 Å². The normalized spacial score (nSPS) is 24.6. The Morgan fingerprint density at radius 1 is 0.955 bits per heavy atom. The zero-order valence-corrected chi connectivity index (χ0v) is 25.5. The molecule has 2 aromatic rings. The first-order valence-corrected chi connectivity index (χ1v) is 14.9. The molecule has 4 N–H and O–H groups in total. The van der Waals surface area contributed by atoms with Gasteiger partial charge in [-0.2, -0.15) is 0 Å². The number of aromatic amines is 2. The Labute approximate surface area is 254 Å². The summed E-state index contributed by atoms with van der Waals surface area (Å²) in [6.45, 7) is 13.2. The van der Waals surface area contributed by atoms with Crippen LogP contribution in [0.15, 0.2) is 29.5 Å². The highest BCUT2D eigenvalue weighted by molar-refractivity contribution is 6.63. The number of fused-ring (bicyclic) bond motifs is 1. The van der Waals surface area contributed by atoms with Crippen molar-refractivity contribution in [2.75, 3.05) is 0 Å². The maximum atomic E-state index is 13.3. The molecule has 4 heterocycles. The van der Waals surface area contributed by atoms with Crippen LogP contribution in [0, 0.1) is 25.7 Å². The molecule has 0 aromatic carbocycles. The second-order valence-corrected chi connectivity index (χ2v) is 12.0. The van der Waals surface area contributed by atoms with Crippen LogP contribution < -0.4 is 20.8 Å². The van der Waals surface area contributed by atoms with Crippen molar-refractivity contribution in [1.82, 2.24) is 20.6 Å². The monoisotopic (exact) mass is 600 g/mol. The van der Waals surface area contributed by atoms with Gasteiger partial charge in [0.2, 0.25) is 17.5 Å². The van der Waals surface area contributed by atoms with E-state index in [-0.39, 0.29) is 41.6 Å². The smallest absolute Gasteiger partial charge is 0.247 e. The van der Waals surface area contributed by atoms with Crippen LogP contribution in [-0.2, 0) is 38.4 Å². The summed E-state index contributed by atoms with van der Waals surface area (Å²) >= 11 is 0. The molecule has 1 amide bonds. The van der Waals surface area contributed by atoms with Gasteiger partial charge in [-0.05, 0) is 68.2 Å². The quantitative estimate of drug-likeness (QED) is 0.226. The number of H-pyrrole nitrogens is 2. The van der Waals surface area contributed by atoms with Gasteiger partial charge in [-0.25, -0.2) is 0 Å². The first-order valence-electron chi connectivity index (χ1n) is 14.9. The molecule has 1 saturated heterocycles. The summed E-state index contributed by atoms with van der Waals surface area (Å²) in [4.78, 5) is 68.8. The zero-order valence-electron chi connectivity index (χ0n) is 25.5. The summed E-state index contributed by atoms with van der Waals surface area (Å²) in [7, 11) is 0. The van der Waals surface area contributed by atoms with Crippen LogP contribution in [0.5, 0.6) is 0 Å². The van der Waals surface area contributed by atoms with E-state index >= 15 is 0 Å². The molecule has 1 unspecified atom stereocenters. The third kappa shape index (κ3) is 4.89. The number of carboxylic acids is 2. The van der Waals surface area contributed by atoms with Crippen molar-refractivity contribution in [3.8, 4) is 0 Å². The van der Waals surface area contributed by atoms with Crippen LogP contribution in [0.2, 0.25) is 0 Å². The number of hydrogen-bond acceptors (Lipinski definition) is 8. The number of allylic oxidation sites excluding steroid dienone is 2. The highest BCUT2D eigenvalue weighted by Crippen LogP contribution is 2.43. The van der Waals surface area contributed by atoms with Crippen molar-refractivity contribution in [2.45, 2.75) is 78.8 Å². The maximum Gasteiger partial charge on any atom is 0.247 e. The fourth-order valence-corrected chi connectivity index (χ4v) is 7.17. The van der Waals surface area contributed by atoms with Gasteiger partial charge in [-0.3, -0.25) is 14.4 Å². The van der Waals surface area contributed by atoms with Gasteiger partial charge in [-0.15, -0.1) is 0 Å². The van der Waals surface area contributed by atoms with Gasteiger partial charge in [0.05, 0.1) is 34.9 Å². The third-order valence-corrected chi connectivity index (χ3v) is 9.65. The molecule has 11 heteroatoms. The van der Waals surface area contributed by atoms with Gasteiger partial charge < -0.3 is 40.4 Å². The fourth-order valence-electron chi connectivity index (χ4n) is 7.17. The Bertz CT molecular complexity index is 1700. The summed E-state index contributed by atoms with van der Waals surface area (Å²) < 4.78 is 0. The van der Waals surface area contributed by atoms with E-state index in [4.69, 9.17) is 0 Å². The number of hydrogen-bond donors (Lipinski definition) is 4. The molecular formula is C33H36N4O7-2. The molecule has 232 valence electrons. The SMILES string of the molecule is C=CC1=C(C)C(=O)NC1Cc1[nH]c(Cc2[nH]c3c(c2C)C(=O)C(=O)/C3=C2/N[C@H](C(=O)[O-])[C@@H](C)[C@@H]2CCC(=O)[O-])c(CC)c1C. The summed E-state index contributed by atoms with van der Waals surface area (Å²) in [5, 5.41) is 29.0. The van der Waals surface area contributed by atoms with Crippen LogP contribution >= 0.6 is 0 Å². The maximum absolute atomic E-state index is 13.3. The number of aromatic nitrogens is 2. The van der Waals surface area contributed by atoms with Crippen LogP contribution in [0.25, 0.3) is 5.57 Å². The van der Waals surface area contributed by atoms with Gasteiger partial charge >= 0.3 is 0 Å². The number of amides is 1. The minimum Gasteiger partial charge on any atom is -0.550 e. The molecule has 2 aliphatic heterocycles. The van der Waals surface area contributed by atoms with E-state index < -0.39 is 41.4 Å². The lowest BCUT2D eigenvalue weighted by Crippen LogP contribution is -2.44. The minimum atomic E-state index is -1.38. The first kappa shape index (κ1) is 30.8. The Kier molecular flexibility index (Phi) is 8.00. The fraction of sp³-hybridized carbons (Fsp3) is 0.424. The number of Topliss-reactive ketones (excluding diaryl/α,β-unsaturated/α-hetero) is 2. The van der Waals surface area contributed by atoms with Gasteiger partial charge in [0.1, 0.15) is 0 Å². The molecule has 11 nitrogen and oxygen atoms in total. The third-order valence-electron chi connectivity index (χ3n) is 9.65. The van der Waals surface area contributed by atoms with E-state index in [1.807, 2.05) is 6.92 Å². The molecule has 44 heavy (non-hydrogen) atoms. The second-order valence-electron chi connectivity index (χ2n) is 12.0. The standard InChI is InChI=1S/C33H38N4O7/c1-7-17-13(3)20(11-23-18(8-2)15(5)32(42)36-23)34-22(17)12-21-16(6)25-29(35-21)26(31(41)30(25)40)28-19(9-10-24(38)39)14(4)27(37-28)33(43)44/h8,14,19,23,27,34-35,37H,2,7,9-12H2,1,3-6H3,(H,36,42)(H,38,39)(H,43,44)/p-2/b28-26+/t14-,19-,23?,27-/m0/s1. The van der Waals surface area contributed by atoms with Crippen LogP contribution in [0.4, 0.5) is 0 Å². The van der Waals surface area contributed by atoms with Crippen molar-refractivity contribution in [2.24, 2.45) is 11.8 Å². The highest BCUT2D eigenvalue weighted by Gasteiger charge is 2.45. The Balaban J connectivity index is 1.52. The molecule has 0 bridgehead atoms. The van der Waals surface area contributed by atoms with Crippen LogP contribution in [0.3, 0.4) is 0 Å². The van der Waals surface area contributed by atoms with Crippen LogP contribution in [-0.4, -0.2) is 51.5 Å². The molecule has 3 aliphatic rings. The summed E-state index contributed by atoms with van der Waals surface area (Å²) in [6.07, 6.45) is 3.13. The van der Waals surface area contributed by atoms with Gasteiger partial charge in [0.15, 0.2) is 0 Å². The van der Waals surface area contributed by atoms with Crippen LogP contribution in [0.1, 0.15) is 83.4 Å². The molecule has 1 aliphatic carbocycles. The zero-order chi connectivity index (χ0) is 32.2. The largest absolute Gasteiger partial charge is 0.550 e. The van der Waals surface area contributed by atoms with E-state index in [2.05, 4.69) is 34.1 Å². The number of aliphatic carboxylic acids is 2. The number of carboxylic acid groups (broad SMARTS) is 2. The molecule has 0 saturated carbocycles. The van der Waals surface area contributed by atoms with E-state index in [1.54, 1.807) is 26.8 Å². The van der Waals surface area contributed by atoms with Crippen molar-refractivity contribution >= 4 is 35.0 Å². The number of carbonyl (C=O) groups is 5. The summed E-state index contributed by atoms with van der Waals surface area (Å²) in [6, 6.07) is -1.34. The molecule has 4 atom stereocenters. The van der Waals surface area contributed by atoms with E-state index in [0.717, 1.165) is 40.2 Å². The Morgan fingerprint density at radius 3 is 2.27 bits per heavy atom. The molecule has 0 spiro atoms. The van der Waals surface area contributed by atoms with Gasteiger partial charge in [0, 0.05) is 53.1 Å². The van der Waals surface area contributed by atoms with Gasteiger partial charge in [0.25, 0.3) is 0 Å². The molecular weight excluding hydrogens is 564 g/mol. The number of carbonyl (C=O) groups excluding carboxylic acids is 5. The highest BCUT2D eigenvalue weighted by atomic mass is 16.4. The average molecular weight is 601 g/mol. The lowest BCUT2D eigenvalue weighted by molar-refractivity contribution is -0.309. The van der Waals surface area contributed by atoms with Crippen molar-refractivity contribution < 1.29 is 34.2 Å². The van der Waals surface area contributed by atoms with E-state index in [0.29, 0.717) is 29.7 Å². The molecule has 1 fully saturated rings. The Morgan fingerprint density at radius 2 is 1.66 bits per heavy atom. The molecule has 0 radical (unpaired) electrons. The topological polar surface area (TPSA) is 187 Å². The van der Waals surface area contributed by atoms with Crippen molar-refractivity contribution in [3.05, 3.63) is 74.5 Å². The van der Waals surface area contributed by atoms with Crippen molar-refractivity contribution in [3.63, 3.8) is 0 Å². The second kappa shape index (κ2) is 11.4. The lowest BCUT2D eigenvalue weighted by atomic mass is 9.85. The average Bonchev–Trinajstić information content (AvgIpc) is 3.69. The number of nitrogens with one attached hydrogen (secondary N) is 4. The number of ketones is 2. The summed E-state index contributed by atoms with van der Waals surface area (Å²) in [5.41, 5.74) is 7.84. The van der Waals surface area contributed by atoms with E-state index in [9.17, 15) is 34.2 Å². The first-order chi connectivity index (χ1) is 20.8. The Hall–Kier alpha value is -4.67. The predicted octanol–water partition coefficient (Wildman–Crippen LogP) is 0.637. The lowest BCUT2D eigenvalue weighted by Gasteiger charge is -2.20. The summed E-state index contributed by atoms with van der Waals surface area (Å²) in [5.74, 6) is -5.44. The number of rotatable bonds is 10. The van der Waals surface area contributed by atoms with E-state index in [1.165, 1.54) is 0 Å².